The lowest BCUT2D eigenvalue weighted by Gasteiger charge is -2.18. The van der Waals surface area contributed by atoms with Gasteiger partial charge in [-0.25, -0.2) is 0 Å². The Labute approximate surface area is 284 Å². The topological polar surface area (TPSA) is 92.7 Å². The van der Waals surface area contributed by atoms with Crippen molar-refractivity contribution in [2.45, 2.75) is 219 Å². The molecule has 2 N–H and O–H groups in total. The van der Waals surface area contributed by atoms with Crippen molar-refractivity contribution < 1.29 is 24.2 Å². The fourth-order valence-electron chi connectivity index (χ4n) is 5.98. The Kier molecular flexibility index (Phi) is 34.5. The Morgan fingerprint density at radius 2 is 0.935 bits per heavy atom. The van der Waals surface area contributed by atoms with Gasteiger partial charge in [-0.05, 0) is 64.2 Å². The molecule has 270 valence electrons. The van der Waals surface area contributed by atoms with Gasteiger partial charge in [0.25, 0.3) is 0 Å². The van der Waals surface area contributed by atoms with E-state index >= 15 is 0 Å². The average molecular weight is 650 g/mol. The maximum atomic E-state index is 12.7. The Hall–Kier alpha value is -1.85. The Bertz CT molecular complexity index is 722. The van der Waals surface area contributed by atoms with Crippen molar-refractivity contribution in [3.8, 4) is 0 Å². The van der Waals surface area contributed by atoms with Crippen molar-refractivity contribution in [3.63, 3.8) is 0 Å². The van der Waals surface area contributed by atoms with Gasteiger partial charge in [-0.3, -0.25) is 14.4 Å². The second-order valence-corrected chi connectivity index (χ2v) is 13.5. The van der Waals surface area contributed by atoms with E-state index in [1.165, 1.54) is 122 Å². The van der Waals surface area contributed by atoms with E-state index in [-0.39, 0.29) is 24.5 Å². The number of allylic oxidation sites excluding steroid dienone is 2. The molecule has 0 heterocycles. The SMILES string of the molecule is CCCCCCCC/C=C\CCCCCCCC(=O)OC(CCCCCCCCCCC)CCCCCCCC(=O)NCC(=O)O. The smallest absolute Gasteiger partial charge is 0.322 e. The molecule has 0 spiro atoms. The van der Waals surface area contributed by atoms with Gasteiger partial charge >= 0.3 is 11.9 Å². The van der Waals surface area contributed by atoms with Gasteiger partial charge in [-0.1, -0.05) is 148 Å². The van der Waals surface area contributed by atoms with Gasteiger partial charge in [0.2, 0.25) is 5.91 Å². The number of esters is 1. The molecule has 0 fully saturated rings. The number of carbonyl (C=O) groups is 3. The first-order chi connectivity index (χ1) is 22.5. The summed E-state index contributed by atoms with van der Waals surface area (Å²) in [6.07, 6.45) is 40.4. The van der Waals surface area contributed by atoms with Gasteiger partial charge in [0.15, 0.2) is 0 Å². The lowest BCUT2D eigenvalue weighted by Crippen LogP contribution is -2.28. The number of amides is 1. The van der Waals surface area contributed by atoms with E-state index < -0.39 is 5.97 Å². The fourth-order valence-corrected chi connectivity index (χ4v) is 5.98. The summed E-state index contributed by atoms with van der Waals surface area (Å²) in [6, 6.07) is 0. The molecular formula is C40H75NO5. The summed E-state index contributed by atoms with van der Waals surface area (Å²) in [7, 11) is 0. The van der Waals surface area contributed by atoms with Crippen molar-refractivity contribution in [1.29, 1.82) is 0 Å². The maximum Gasteiger partial charge on any atom is 0.322 e. The quantitative estimate of drug-likeness (QED) is 0.0400. The van der Waals surface area contributed by atoms with Crippen LogP contribution >= 0.6 is 0 Å². The third-order valence-corrected chi connectivity index (χ3v) is 8.94. The number of carboxylic acids is 1. The largest absolute Gasteiger partial charge is 0.480 e. The van der Waals surface area contributed by atoms with Gasteiger partial charge in [-0.15, -0.1) is 0 Å². The molecule has 0 rings (SSSR count). The van der Waals surface area contributed by atoms with Crippen LogP contribution in [0.25, 0.3) is 0 Å². The first-order valence-electron chi connectivity index (χ1n) is 19.8. The van der Waals surface area contributed by atoms with Crippen molar-refractivity contribution >= 4 is 17.8 Å². The Morgan fingerprint density at radius 3 is 1.39 bits per heavy atom. The van der Waals surface area contributed by atoms with Crippen molar-refractivity contribution in [3.05, 3.63) is 12.2 Å². The summed E-state index contributed by atoms with van der Waals surface area (Å²) in [5.41, 5.74) is 0. The molecule has 0 aliphatic rings. The van der Waals surface area contributed by atoms with Crippen LogP contribution < -0.4 is 5.32 Å². The number of ether oxygens (including phenoxy) is 1. The number of hydrogen-bond acceptors (Lipinski definition) is 4. The minimum atomic E-state index is -1.02. The third-order valence-electron chi connectivity index (χ3n) is 8.94. The lowest BCUT2D eigenvalue weighted by atomic mass is 10.0. The number of nitrogens with one attached hydrogen (secondary N) is 1. The third kappa shape index (κ3) is 35.0. The van der Waals surface area contributed by atoms with Gasteiger partial charge in [0, 0.05) is 12.8 Å². The number of hydrogen-bond donors (Lipinski definition) is 2. The number of rotatable bonds is 36. The summed E-state index contributed by atoms with van der Waals surface area (Å²) >= 11 is 0. The van der Waals surface area contributed by atoms with E-state index in [1.807, 2.05) is 0 Å². The molecule has 0 saturated heterocycles. The molecule has 0 aromatic rings. The highest BCUT2D eigenvalue weighted by molar-refractivity contribution is 5.80. The fraction of sp³-hybridized carbons (Fsp3) is 0.875. The number of carbonyl (C=O) groups excluding carboxylic acids is 2. The highest BCUT2D eigenvalue weighted by Gasteiger charge is 2.14. The molecule has 0 aliphatic carbocycles. The zero-order chi connectivity index (χ0) is 33.8. The van der Waals surface area contributed by atoms with E-state index in [9.17, 15) is 14.4 Å². The first-order valence-corrected chi connectivity index (χ1v) is 19.8. The summed E-state index contributed by atoms with van der Waals surface area (Å²) in [6.45, 7) is 4.22. The van der Waals surface area contributed by atoms with Crippen LogP contribution in [0.3, 0.4) is 0 Å². The van der Waals surface area contributed by atoms with Gasteiger partial charge in [0.1, 0.15) is 12.6 Å². The van der Waals surface area contributed by atoms with E-state index in [2.05, 4.69) is 31.3 Å². The van der Waals surface area contributed by atoms with Crippen LogP contribution in [0, 0.1) is 0 Å². The Balaban J connectivity index is 4.11. The molecule has 0 aromatic heterocycles. The van der Waals surface area contributed by atoms with E-state index in [0.29, 0.717) is 12.8 Å². The molecular weight excluding hydrogens is 574 g/mol. The van der Waals surface area contributed by atoms with Gasteiger partial charge in [0.05, 0.1) is 0 Å². The summed E-state index contributed by atoms with van der Waals surface area (Å²) in [5, 5.41) is 11.1. The van der Waals surface area contributed by atoms with Crippen molar-refractivity contribution in [2.24, 2.45) is 0 Å². The van der Waals surface area contributed by atoms with E-state index in [4.69, 9.17) is 9.84 Å². The summed E-state index contributed by atoms with van der Waals surface area (Å²) in [5.74, 6) is -1.23. The second kappa shape index (κ2) is 36.0. The van der Waals surface area contributed by atoms with E-state index in [1.54, 1.807) is 0 Å². The van der Waals surface area contributed by atoms with Crippen LogP contribution in [-0.2, 0) is 19.1 Å². The minimum Gasteiger partial charge on any atom is -0.480 e. The monoisotopic (exact) mass is 650 g/mol. The highest BCUT2D eigenvalue weighted by Crippen LogP contribution is 2.19. The molecule has 6 nitrogen and oxygen atoms in total. The van der Waals surface area contributed by atoms with Crippen molar-refractivity contribution in [1.82, 2.24) is 5.32 Å². The number of carboxylic acid groups (broad SMARTS) is 1. The molecule has 0 aromatic carbocycles. The molecule has 0 radical (unpaired) electrons. The summed E-state index contributed by atoms with van der Waals surface area (Å²) < 4.78 is 6.00. The first kappa shape index (κ1) is 44.1. The van der Waals surface area contributed by atoms with Crippen LogP contribution in [0.4, 0.5) is 0 Å². The average Bonchev–Trinajstić information content (AvgIpc) is 3.04. The maximum absolute atomic E-state index is 12.7. The van der Waals surface area contributed by atoms with E-state index in [0.717, 1.165) is 64.2 Å². The van der Waals surface area contributed by atoms with Crippen molar-refractivity contribution in [2.75, 3.05) is 6.54 Å². The second-order valence-electron chi connectivity index (χ2n) is 13.5. The van der Waals surface area contributed by atoms with Crippen LogP contribution in [0.5, 0.6) is 0 Å². The number of unbranched alkanes of at least 4 members (excludes halogenated alkanes) is 23. The zero-order valence-electron chi connectivity index (χ0n) is 30.4. The highest BCUT2D eigenvalue weighted by atomic mass is 16.5. The predicted molar refractivity (Wildman–Crippen MR) is 194 cm³/mol. The molecule has 0 saturated carbocycles. The Morgan fingerprint density at radius 1 is 0.543 bits per heavy atom. The van der Waals surface area contributed by atoms with Crippen LogP contribution in [-0.4, -0.2) is 35.6 Å². The molecule has 1 amide bonds. The molecule has 0 bridgehead atoms. The molecule has 1 unspecified atom stereocenters. The van der Waals surface area contributed by atoms with Crippen LogP contribution in [0.2, 0.25) is 0 Å². The standard InChI is InChI=1S/C40H75NO5/c1-3-5-7-9-11-13-14-15-16-17-18-20-22-27-31-35-40(45)46-37(32-28-24-21-19-12-10-8-6-4-2)33-29-25-23-26-30-34-38(42)41-36-39(43)44/h15-16,37H,3-14,17-36H2,1-2H3,(H,41,42)(H,43,44)/b16-15-. The van der Waals surface area contributed by atoms with Crippen LogP contribution in [0.15, 0.2) is 12.2 Å². The van der Waals surface area contributed by atoms with Crippen LogP contribution in [0.1, 0.15) is 213 Å². The normalized spacial score (nSPS) is 12.0. The lowest BCUT2D eigenvalue weighted by molar-refractivity contribution is -0.150. The minimum absolute atomic E-state index is 0.0223. The van der Waals surface area contributed by atoms with Gasteiger partial charge in [-0.2, -0.15) is 0 Å². The summed E-state index contributed by atoms with van der Waals surface area (Å²) in [4.78, 5) is 34.9. The number of aliphatic carboxylic acids is 1. The van der Waals surface area contributed by atoms with Gasteiger partial charge < -0.3 is 15.2 Å². The zero-order valence-corrected chi connectivity index (χ0v) is 30.4. The molecule has 1 atom stereocenters. The molecule has 0 aliphatic heterocycles. The predicted octanol–water partition coefficient (Wildman–Crippen LogP) is 11.8. The molecule has 46 heavy (non-hydrogen) atoms. The molecule has 6 heteroatoms.